The molecular weight excluding hydrogens is 453 g/mol. The lowest BCUT2D eigenvalue weighted by molar-refractivity contribution is 1.10. The number of rotatable bonds is 6. The van der Waals surface area contributed by atoms with E-state index in [1.54, 1.807) is 11.9 Å². The van der Waals surface area contributed by atoms with E-state index in [9.17, 15) is 0 Å². The molecule has 1 aromatic heterocycles. The normalized spacial score (nSPS) is 11.1. The first kappa shape index (κ1) is 17.5. The van der Waals surface area contributed by atoms with Crippen molar-refractivity contribution in [1.82, 2.24) is 0 Å². The number of thiophene rings is 1. The average Bonchev–Trinajstić information content (AvgIpc) is 2.88. The molecule has 0 aliphatic rings. The molecule has 0 saturated carbocycles. The van der Waals surface area contributed by atoms with Gasteiger partial charge in [-0.05, 0) is 107 Å². The Labute approximate surface area is 163 Å². The largest absolute Gasteiger partial charge is 0.325 e. The Morgan fingerprint density at radius 3 is 2.65 bits per heavy atom. The van der Waals surface area contributed by atoms with Gasteiger partial charge in [-0.3, -0.25) is 0 Å². The van der Waals surface area contributed by atoms with Gasteiger partial charge < -0.3 is 4.72 Å². The second kappa shape index (κ2) is 8.14. The average molecular weight is 471 g/mol. The fourth-order valence-corrected chi connectivity index (χ4v) is 5.56. The number of fused-ring (bicyclic) bond motifs is 1. The minimum Gasteiger partial charge on any atom is -0.325 e. The Balaban J connectivity index is 1.69. The van der Waals surface area contributed by atoms with Crippen molar-refractivity contribution in [2.45, 2.75) is 29.4 Å². The molecule has 3 rings (SSSR count). The Morgan fingerprint density at radius 1 is 1.13 bits per heavy atom. The number of anilines is 1. The smallest absolute Gasteiger partial charge is 0.0849 e. The van der Waals surface area contributed by atoms with E-state index in [0.29, 0.717) is 0 Å². The molecule has 0 aliphatic carbocycles. The number of nitrogens with one attached hydrogen (secondary N) is 1. The maximum atomic E-state index is 3.48. The molecule has 1 nitrogen and oxygen atoms in total. The van der Waals surface area contributed by atoms with Crippen LogP contribution in [0.3, 0.4) is 0 Å². The molecule has 120 valence electrons. The summed E-state index contributed by atoms with van der Waals surface area (Å²) >= 11 is 7.87. The van der Waals surface area contributed by atoms with Gasteiger partial charge in [0.05, 0.1) is 4.21 Å². The first-order chi connectivity index (χ1) is 11.2. The van der Waals surface area contributed by atoms with Crippen LogP contribution in [0.25, 0.3) is 10.1 Å². The van der Waals surface area contributed by atoms with Crippen LogP contribution < -0.4 is 4.72 Å². The van der Waals surface area contributed by atoms with Crippen LogP contribution in [0.4, 0.5) is 5.69 Å². The fourth-order valence-electron chi connectivity index (χ4n) is 2.21. The van der Waals surface area contributed by atoms with E-state index < -0.39 is 0 Å². The van der Waals surface area contributed by atoms with Crippen molar-refractivity contribution in [3.05, 3.63) is 51.6 Å². The second-order valence-electron chi connectivity index (χ2n) is 5.23. The van der Waals surface area contributed by atoms with Crippen molar-refractivity contribution in [1.29, 1.82) is 0 Å². The quantitative estimate of drug-likeness (QED) is 0.228. The number of thioether (sulfide) groups is 1. The zero-order chi connectivity index (χ0) is 16.2. The Hall–Kier alpha value is -0.370. The lowest BCUT2D eigenvalue weighted by Crippen LogP contribution is -1.86. The van der Waals surface area contributed by atoms with Crippen molar-refractivity contribution in [2.75, 3.05) is 10.5 Å². The molecule has 3 aromatic rings. The van der Waals surface area contributed by atoms with Gasteiger partial charge >= 0.3 is 0 Å². The summed E-state index contributed by atoms with van der Waals surface area (Å²) in [4.78, 5) is 1.34. The molecule has 0 spiro atoms. The van der Waals surface area contributed by atoms with E-state index in [2.05, 4.69) is 83.6 Å². The molecule has 0 radical (unpaired) electrons. The summed E-state index contributed by atoms with van der Waals surface area (Å²) < 4.78 is 7.47. The van der Waals surface area contributed by atoms with Gasteiger partial charge in [-0.25, -0.2) is 0 Å². The predicted molar refractivity (Wildman–Crippen MR) is 116 cm³/mol. The Kier molecular flexibility index (Phi) is 6.18. The number of aryl methyl sites for hydroxylation is 1. The second-order valence-corrected chi connectivity index (χ2v) is 9.77. The summed E-state index contributed by atoms with van der Waals surface area (Å²) in [5.41, 5.74) is 2.53. The maximum Gasteiger partial charge on any atom is 0.0849 e. The first-order valence-electron chi connectivity index (χ1n) is 7.51. The monoisotopic (exact) mass is 471 g/mol. The van der Waals surface area contributed by atoms with E-state index in [-0.39, 0.29) is 0 Å². The van der Waals surface area contributed by atoms with Crippen LogP contribution in [-0.4, -0.2) is 5.75 Å². The highest BCUT2D eigenvalue weighted by atomic mass is 127. The molecule has 0 saturated heterocycles. The van der Waals surface area contributed by atoms with Crippen LogP contribution in [-0.2, 0) is 0 Å². The van der Waals surface area contributed by atoms with E-state index in [1.165, 1.54) is 40.5 Å². The van der Waals surface area contributed by atoms with Crippen molar-refractivity contribution in [2.24, 2.45) is 0 Å². The van der Waals surface area contributed by atoms with E-state index in [1.807, 2.05) is 23.1 Å². The predicted octanol–water partition coefficient (Wildman–Crippen LogP) is 7.44. The molecule has 0 amide bonds. The summed E-state index contributed by atoms with van der Waals surface area (Å²) in [5, 5.41) is 1.37. The van der Waals surface area contributed by atoms with Gasteiger partial charge in [-0.1, -0.05) is 6.92 Å². The SMILES string of the molecule is CCCSc1ccc(NSc2sc3ccc(I)cc3c2C)cc1. The highest BCUT2D eigenvalue weighted by Crippen LogP contribution is 2.38. The van der Waals surface area contributed by atoms with Crippen LogP contribution in [0, 0.1) is 10.5 Å². The lowest BCUT2D eigenvalue weighted by Gasteiger charge is -2.06. The van der Waals surface area contributed by atoms with E-state index in [4.69, 9.17) is 0 Å². The minimum atomic E-state index is 1.15. The van der Waals surface area contributed by atoms with Gasteiger partial charge in [0.2, 0.25) is 0 Å². The summed E-state index contributed by atoms with van der Waals surface area (Å²) in [6.07, 6.45) is 1.21. The minimum absolute atomic E-state index is 1.15. The molecule has 1 N–H and O–H groups in total. The van der Waals surface area contributed by atoms with Gasteiger partial charge in [-0.2, -0.15) is 0 Å². The van der Waals surface area contributed by atoms with Crippen LogP contribution in [0.5, 0.6) is 0 Å². The summed E-state index contributed by atoms with van der Waals surface area (Å²) in [6, 6.07) is 15.4. The fraction of sp³-hybridized carbons (Fsp3) is 0.222. The number of benzene rings is 2. The van der Waals surface area contributed by atoms with E-state index >= 15 is 0 Å². The third kappa shape index (κ3) is 4.38. The van der Waals surface area contributed by atoms with Crippen molar-refractivity contribution >= 4 is 73.4 Å². The Bertz CT molecular complexity index is 796. The molecule has 2 aromatic carbocycles. The van der Waals surface area contributed by atoms with Crippen molar-refractivity contribution in [3.8, 4) is 0 Å². The molecule has 1 heterocycles. The molecule has 0 unspecified atom stereocenters. The van der Waals surface area contributed by atoms with Crippen molar-refractivity contribution in [3.63, 3.8) is 0 Å². The number of hydrogen-bond acceptors (Lipinski definition) is 4. The molecule has 0 atom stereocenters. The Morgan fingerprint density at radius 2 is 1.91 bits per heavy atom. The van der Waals surface area contributed by atoms with Crippen LogP contribution in [0.15, 0.2) is 51.6 Å². The number of halogens is 1. The lowest BCUT2D eigenvalue weighted by atomic mass is 10.2. The van der Waals surface area contributed by atoms with Gasteiger partial charge in [0.1, 0.15) is 0 Å². The standard InChI is InChI=1S/C18H18INS3/c1-3-10-21-15-7-5-14(6-8-15)20-23-18-12(2)16-11-13(19)4-9-17(16)22-18/h4-9,11,20H,3,10H2,1-2H3. The van der Waals surface area contributed by atoms with Crippen LogP contribution >= 0.6 is 57.6 Å². The van der Waals surface area contributed by atoms with Crippen molar-refractivity contribution < 1.29 is 0 Å². The third-order valence-corrected chi connectivity index (χ3v) is 7.73. The van der Waals surface area contributed by atoms with Gasteiger partial charge in [0.25, 0.3) is 0 Å². The summed E-state index contributed by atoms with van der Waals surface area (Å²) in [6.45, 7) is 4.43. The molecule has 0 bridgehead atoms. The summed E-state index contributed by atoms with van der Waals surface area (Å²) in [7, 11) is 0. The van der Waals surface area contributed by atoms with Gasteiger partial charge in [0, 0.05) is 18.9 Å². The van der Waals surface area contributed by atoms with E-state index in [0.717, 1.165) is 5.69 Å². The molecule has 23 heavy (non-hydrogen) atoms. The zero-order valence-corrected chi connectivity index (χ0v) is 17.7. The molecule has 5 heteroatoms. The van der Waals surface area contributed by atoms with Gasteiger partial charge in [0.15, 0.2) is 0 Å². The molecule has 0 fully saturated rings. The molecule has 0 aliphatic heterocycles. The topological polar surface area (TPSA) is 12.0 Å². The van der Waals surface area contributed by atoms with Crippen LogP contribution in [0.1, 0.15) is 18.9 Å². The maximum absolute atomic E-state index is 3.48. The summed E-state index contributed by atoms with van der Waals surface area (Å²) in [5.74, 6) is 1.18. The van der Waals surface area contributed by atoms with Crippen LogP contribution in [0.2, 0.25) is 0 Å². The highest BCUT2D eigenvalue weighted by Gasteiger charge is 2.09. The van der Waals surface area contributed by atoms with Gasteiger partial charge in [-0.15, -0.1) is 23.1 Å². The first-order valence-corrected chi connectivity index (χ1v) is 11.2. The zero-order valence-electron chi connectivity index (χ0n) is 13.1. The third-order valence-electron chi connectivity index (χ3n) is 3.44. The highest BCUT2D eigenvalue weighted by molar-refractivity contribution is 14.1. The number of hydrogen-bond donors (Lipinski definition) is 1. The molecular formula is C18H18INS3.